The van der Waals surface area contributed by atoms with Gasteiger partial charge in [-0.3, -0.25) is 14.4 Å². The summed E-state index contributed by atoms with van der Waals surface area (Å²) >= 11 is 0. The summed E-state index contributed by atoms with van der Waals surface area (Å²) in [6, 6.07) is 14.5. The molecule has 29 heavy (non-hydrogen) atoms. The van der Waals surface area contributed by atoms with E-state index in [9.17, 15) is 19.5 Å². The van der Waals surface area contributed by atoms with Gasteiger partial charge in [0.15, 0.2) is 0 Å². The van der Waals surface area contributed by atoms with Gasteiger partial charge in [-0.25, -0.2) is 0 Å². The first-order chi connectivity index (χ1) is 13.8. The lowest BCUT2D eigenvalue weighted by atomic mass is 9.98. The normalized spacial score (nSPS) is 12.7. The zero-order chi connectivity index (χ0) is 21.4. The van der Waals surface area contributed by atoms with Crippen LogP contribution in [-0.4, -0.2) is 42.6 Å². The van der Waals surface area contributed by atoms with E-state index in [4.69, 9.17) is 4.74 Å². The van der Waals surface area contributed by atoms with Crippen LogP contribution < -0.4 is 15.4 Å². The van der Waals surface area contributed by atoms with Crippen molar-refractivity contribution in [3.8, 4) is 5.75 Å². The van der Waals surface area contributed by atoms with E-state index < -0.39 is 23.8 Å². The number of rotatable bonds is 9. The van der Waals surface area contributed by atoms with E-state index in [0.29, 0.717) is 16.9 Å². The fourth-order valence-electron chi connectivity index (χ4n) is 2.85. The zero-order valence-corrected chi connectivity index (χ0v) is 16.7. The lowest BCUT2D eigenvalue weighted by molar-refractivity contribution is -0.138. The summed E-state index contributed by atoms with van der Waals surface area (Å²) in [5, 5.41) is 14.9. The molecule has 7 heteroatoms. The number of methoxy groups -OCH3 is 1. The molecule has 0 radical (unpaired) electrons. The standard InChI is InChI=1S/C22H26N2O5/c1-14(2)19(24-20(25)16-9-11-17(29-3)12-10-16)21(26)23-13-18(22(27)28)15-7-5-4-6-8-15/h4-12,14,18-19H,13H2,1-3H3,(H,23,26)(H,24,25)(H,27,28)/t18-,19+/m0/s1. The van der Waals surface area contributed by atoms with Crippen LogP contribution in [0.3, 0.4) is 0 Å². The molecule has 2 atom stereocenters. The van der Waals surface area contributed by atoms with Gasteiger partial charge in [0.2, 0.25) is 5.91 Å². The molecule has 3 N–H and O–H groups in total. The molecule has 2 amide bonds. The molecule has 0 aliphatic rings. The first kappa shape index (κ1) is 21.9. The average Bonchev–Trinajstić information content (AvgIpc) is 2.72. The third kappa shape index (κ3) is 6.07. The van der Waals surface area contributed by atoms with Crippen LogP contribution in [0.4, 0.5) is 0 Å². The van der Waals surface area contributed by atoms with Gasteiger partial charge in [0.25, 0.3) is 5.91 Å². The number of carbonyl (C=O) groups is 3. The summed E-state index contributed by atoms with van der Waals surface area (Å²) in [4.78, 5) is 36.8. The molecule has 0 heterocycles. The van der Waals surface area contributed by atoms with Crippen LogP contribution in [0.15, 0.2) is 54.6 Å². The van der Waals surface area contributed by atoms with Crippen LogP contribution in [0.1, 0.15) is 35.7 Å². The van der Waals surface area contributed by atoms with Gasteiger partial charge in [-0.2, -0.15) is 0 Å². The molecule has 2 aromatic carbocycles. The molecule has 0 saturated carbocycles. The molecule has 0 saturated heterocycles. The molecule has 0 unspecified atom stereocenters. The molecule has 2 rings (SSSR count). The van der Waals surface area contributed by atoms with Crippen molar-refractivity contribution in [2.75, 3.05) is 13.7 Å². The summed E-state index contributed by atoms with van der Waals surface area (Å²) < 4.78 is 5.07. The third-order valence-electron chi connectivity index (χ3n) is 4.57. The van der Waals surface area contributed by atoms with E-state index in [1.165, 1.54) is 7.11 Å². The van der Waals surface area contributed by atoms with Crippen molar-refractivity contribution in [3.63, 3.8) is 0 Å². The van der Waals surface area contributed by atoms with E-state index in [1.54, 1.807) is 54.6 Å². The monoisotopic (exact) mass is 398 g/mol. The van der Waals surface area contributed by atoms with Gasteiger partial charge in [0.1, 0.15) is 11.8 Å². The average molecular weight is 398 g/mol. The number of nitrogens with one attached hydrogen (secondary N) is 2. The van der Waals surface area contributed by atoms with Crippen LogP contribution in [-0.2, 0) is 9.59 Å². The second-order valence-electron chi connectivity index (χ2n) is 6.97. The van der Waals surface area contributed by atoms with E-state index in [0.717, 1.165) is 0 Å². The highest BCUT2D eigenvalue weighted by Gasteiger charge is 2.27. The van der Waals surface area contributed by atoms with E-state index in [2.05, 4.69) is 10.6 Å². The van der Waals surface area contributed by atoms with Gasteiger partial charge in [0.05, 0.1) is 13.0 Å². The predicted octanol–water partition coefficient (Wildman–Crippen LogP) is 2.43. The van der Waals surface area contributed by atoms with Crippen molar-refractivity contribution in [2.45, 2.75) is 25.8 Å². The quantitative estimate of drug-likeness (QED) is 0.602. The third-order valence-corrected chi connectivity index (χ3v) is 4.57. The predicted molar refractivity (Wildman–Crippen MR) is 109 cm³/mol. The molecule has 0 aromatic heterocycles. The van der Waals surface area contributed by atoms with Gasteiger partial charge < -0.3 is 20.5 Å². The second-order valence-corrected chi connectivity index (χ2v) is 6.97. The number of ether oxygens (including phenoxy) is 1. The number of amides is 2. The molecule has 2 aromatic rings. The Bertz CT molecular complexity index is 834. The Hall–Kier alpha value is -3.35. The maximum Gasteiger partial charge on any atom is 0.312 e. The van der Waals surface area contributed by atoms with Crippen LogP contribution in [0.25, 0.3) is 0 Å². The number of aliphatic carboxylic acids is 1. The Morgan fingerprint density at radius 1 is 1.00 bits per heavy atom. The molecule has 0 fully saturated rings. The van der Waals surface area contributed by atoms with Crippen molar-refractivity contribution < 1.29 is 24.2 Å². The second kappa shape index (κ2) is 10.3. The largest absolute Gasteiger partial charge is 0.497 e. The topological polar surface area (TPSA) is 105 Å². The van der Waals surface area contributed by atoms with Gasteiger partial charge >= 0.3 is 5.97 Å². The molecule has 0 bridgehead atoms. The van der Waals surface area contributed by atoms with Gasteiger partial charge in [-0.1, -0.05) is 44.2 Å². The van der Waals surface area contributed by atoms with Crippen LogP contribution in [0.5, 0.6) is 5.75 Å². The molecule has 0 aliphatic carbocycles. The highest BCUT2D eigenvalue weighted by atomic mass is 16.5. The molecule has 7 nitrogen and oxygen atoms in total. The van der Waals surface area contributed by atoms with Crippen molar-refractivity contribution in [2.24, 2.45) is 5.92 Å². The summed E-state index contributed by atoms with van der Waals surface area (Å²) in [6.07, 6.45) is 0. The summed E-state index contributed by atoms with van der Waals surface area (Å²) in [7, 11) is 1.54. The fourth-order valence-corrected chi connectivity index (χ4v) is 2.85. The van der Waals surface area contributed by atoms with Crippen LogP contribution in [0, 0.1) is 5.92 Å². The minimum Gasteiger partial charge on any atom is -0.497 e. The fraction of sp³-hybridized carbons (Fsp3) is 0.318. The molecule has 0 spiro atoms. The minimum atomic E-state index is -1.03. The SMILES string of the molecule is COc1ccc(C(=O)N[C@@H](C(=O)NC[C@H](C(=O)O)c2ccccc2)C(C)C)cc1. The summed E-state index contributed by atoms with van der Waals surface area (Å²) in [5.41, 5.74) is 1.00. The minimum absolute atomic E-state index is 0.0696. The van der Waals surface area contributed by atoms with E-state index in [-0.39, 0.29) is 18.4 Å². The van der Waals surface area contributed by atoms with Gasteiger partial charge in [-0.05, 0) is 35.7 Å². The van der Waals surface area contributed by atoms with Gasteiger partial charge in [0, 0.05) is 12.1 Å². The summed E-state index contributed by atoms with van der Waals surface area (Å²) in [5.74, 6) is -2.27. The summed E-state index contributed by atoms with van der Waals surface area (Å²) in [6.45, 7) is 3.55. The Kier molecular flexibility index (Phi) is 7.77. The van der Waals surface area contributed by atoms with Gasteiger partial charge in [-0.15, -0.1) is 0 Å². The number of hydrogen-bond acceptors (Lipinski definition) is 4. The van der Waals surface area contributed by atoms with Crippen molar-refractivity contribution >= 4 is 17.8 Å². The molecular weight excluding hydrogens is 372 g/mol. The highest BCUT2D eigenvalue weighted by molar-refractivity contribution is 5.97. The van der Waals surface area contributed by atoms with Crippen molar-refractivity contribution in [1.29, 1.82) is 0 Å². The number of carbonyl (C=O) groups excluding carboxylic acids is 2. The lowest BCUT2D eigenvalue weighted by Gasteiger charge is -2.23. The van der Waals surface area contributed by atoms with Crippen molar-refractivity contribution in [1.82, 2.24) is 10.6 Å². The maximum atomic E-state index is 12.7. The first-order valence-corrected chi connectivity index (χ1v) is 9.33. The Balaban J connectivity index is 2.04. The van der Waals surface area contributed by atoms with E-state index >= 15 is 0 Å². The molecular formula is C22H26N2O5. The number of hydrogen-bond donors (Lipinski definition) is 3. The lowest BCUT2D eigenvalue weighted by Crippen LogP contribution is -2.50. The highest BCUT2D eigenvalue weighted by Crippen LogP contribution is 2.15. The molecule has 0 aliphatic heterocycles. The Morgan fingerprint density at radius 2 is 1.62 bits per heavy atom. The van der Waals surface area contributed by atoms with Crippen LogP contribution >= 0.6 is 0 Å². The molecule has 154 valence electrons. The van der Waals surface area contributed by atoms with E-state index in [1.807, 2.05) is 13.8 Å². The zero-order valence-electron chi connectivity index (χ0n) is 16.7. The maximum absolute atomic E-state index is 12.7. The van der Waals surface area contributed by atoms with Crippen LogP contribution in [0.2, 0.25) is 0 Å². The van der Waals surface area contributed by atoms with Crippen molar-refractivity contribution in [3.05, 3.63) is 65.7 Å². The Labute approximate surface area is 170 Å². The number of carboxylic acids is 1. The number of benzene rings is 2. The smallest absolute Gasteiger partial charge is 0.312 e. The first-order valence-electron chi connectivity index (χ1n) is 9.33. The Morgan fingerprint density at radius 3 is 2.14 bits per heavy atom. The number of carboxylic acid groups (broad SMARTS) is 1.